The number of carbonyl (C=O) groups excluding carboxylic acids is 2. The molecule has 0 saturated carbocycles. The Morgan fingerprint density at radius 1 is 1.10 bits per heavy atom. The summed E-state index contributed by atoms with van der Waals surface area (Å²) in [5.41, 5.74) is 4.01. The van der Waals surface area contributed by atoms with Crippen LogP contribution < -0.4 is 10.7 Å². The van der Waals surface area contributed by atoms with E-state index in [1.807, 2.05) is 30.3 Å². The molecule has 30 heavy (non-hydrogen) atoms. The lowest BCUT2D eigenvalue weighted by molar-refractivity contribution is -0.133. The zero-order valence-electron chi connectivity index (χ0n) is 15.6. The number of hydrogen-bond donors (Lipinski definition) is 2. The second kappa shape index (κ2) is 8.73. The Balaban J connectivity index is 1.44. The van der Waals surface area contributed by atoms with Crippen molar-refractivity contribution in [1.29, 1.82) is 0 Å². The largest absolute Gasteiger partial charge is 0.455 e. The Morgan fingerprint density at radius 2 is 1.90 bits per heavy atom. The van der Waals surface area contributed by atoms with Crippen LogP contribution in [0.3, 0.4) is 0 Å². The second-order valence-electron chi connectivity index (χ2n) is 6.78. The molecular weight excluding hydrogens is 425 g/mol. The first-order valence-electron chi connectivity index (χ1n) is 9.24. The van der Waals surface area contributed by atoms with Gasteiger partial charge in [-0.3, -0.25) is 9.59 Å². The molecule has 1 aromatic heterocycles. The van der Waals surface area contributed by atoms with Crippen LogP contribution in [-0.2, 0) is 9.59 Å². The molecule has 3 aromatic rings. The molecule has 6 nitrogen and oxygen atoms in total. The molecule has 2 N–H and O–H groups in total. The lowest BCUT2D eigenvalue weighted by Crippen LogP contribution is -2.34. The highest BCUT2D eigenvalue weighted by Gasteiger charge is 2.40. The van der Waals surface area contributed by atoms with Gasteiger partial charge in [-0.25, -0.2) is 5.43 Å². The summed E-state index contributed by atoms with van der Waals surface area (Å²) >= 11 is 12.3. The maximum atomic E-state index is 12.6. The van der Waals surface area contributed by atoms with Crippen LogP contribution in [0, 0.1) is 5.92 Å². The molecular formula is C22H17Cl2N3O3. The lowest BCUT2D eigenvalue weighted by Gasteiger charge is -2.15. The molecule has 0 aliphatic carbocycles. The van der Waals surface area contributed by atoms with E-state index in [1.165, 1.54) is 6.21 Å². The summed E-state index contributed by atoms with van der Waals surface area (Å²) in [7, 11) is 0. The minimum atomic E-state index is -0.845. The summed E-state index contributed by atoms with van der Waals surface area (Å²) in [6.07, 6.45) is 1.37. The van der Waals surface area contributed by atoms with E-state index in [-0.39, 0.29) is 11.8 Å². The number of carbonyl (C=O) groups is 2. The van der Waals surface area contributed by atoms with Crippen molar-refractivity contribution in [3.8, 4) is 11.3 Å². The molecule has 1 saturated heterocycles. The predicted octanol–water partition coefficient (Wildman–Crippen LogP) is 4.23. The molecule has 1 fully saturated rings. The molecule has 4 rings (SSSR count). The smallest absolute Gasteiger partial charge is 0.253 e. The first-order valence-corrected chi connectivity index (χ1v) is 10.00. The van der Waals surface area contributed by atoms with Crippen LogP contribution in [-0.4, -0.2) is 24.6 Å². The molecule has 1 aliphatic heterocycles. The summed E-state index contributed by atoms with van der Waals surface area (Å²) in [6, 6.07) is 18.1. The van der Waals surface area contributed by atoms with Gasteiger partial charge in [0.2, 0.25) is 5.91 Å². The Kier molecular flexibility index (Phi) is 5.88. The number of halogens is 2. The van der Waals surface area contributed by atoms with Crippen molar-refractivity contribution in [2.75, 3.05) is 6.54 Å². The van der Waals surface area contributed by atoms with Crippen LogP contribution in [0.4, 0.5) is 0 Å². The number of benzene rings is 2. The van der Waals surface area contributed by atoms with E-state index < -0.39 is 11.8 Å². The number of nitrogens with zero attached hydrogens (tertiary/aromatic N) is 1. The Labute approximate surface area is 182 Å². The summed E-state index contributed by atoms with van der Waals surface area (Å²) in [6.45, 7) is 0.409. The molecule has 152 valence electrons. The standard InChI is InChI=1S/C22H17Cl2N3O3/c23-17-8-4-7-15(20(17)24)18-10-9-14(30-18)11-26-27-22(29)19-16(12-25-21(19)28)13-5-2-1-3-6-13/h1-11,16,19H,12H2,(H,25,28)(H,27,29)/b26-11+/t16-,19+/m0/s1. The molecule has 2 amide bonds. The van der Waals surface area contributed by atoms with Crippen LogP contribution in [0.25, 0.3) is 11.3 Å². The maximum Gasteiger partial charge on any atom is 0.253 e. The quantitative estimate of drug-likeness (QED) is 0.352. The summed E-state index contributed by atoms with van der Waals surface area (Å²) in [5.74, 6) is -0.935. The van der Waals surface area contributed by atoms with E-state index >= 15 is 0 Å². The Morgan fingerprint density at radius 3 is 2.70 bits per heavy atom. The van der Waals surface area contributed by atoms with Crippen LogP contribution in [0.2, 0.25) is 10.0 Å². The van der Waals surface area contributed by atoms with Gasteiger partial charge >= 0.3 is 0 Å². The molecule has 0 unspecified atom stereocenters. The van der Waals surface area contributed by atoms with Crippen molar-refractivity contribution in [2.24, 2.45) is 11.0 Å². The van der Waals surface area contributed by atoms with Crippen LogP contribution >= 0.6 is 23.2 Å². The van der Waals surface area contributed by atoms with Gasteiger partial charge in [0.25, 0.3) is 5.91 Å². The van der Waals surface area contributed by atoms with Gasteiger partial charge < -0.3 is 9.73 Å². The van der Waals surface area contributed by atoms with E-state index in [1.54, 1.807) is 30.3 Å². The first kappa shape index (κ1) is 20.2. The van der Waals surface area contributed by atoms with Gasteiger partial charge in [0, 0.05) is 18.0 Å². The number of rotatable bonds is 5. The Bertz CT molecular complexity index is 1110. The van der Waals surface area contributed by atoms with Crippen molar-refractivity contribution in [3.63, 3.8) is 0 Å². The number of nitrogens with one attached hydrogen (secondary N) is 2. The third-order valence-corrected chi connectivity index (χ3v) is 5.72. The molecule has 8 heteroatoms. The average Bonchev–Trinajstić information content (AvgIpc) is 3.37. The normalized spacial score (nSPS) is 18.5. The van der Waals surface area contributed by atoms with Gasteiger partial charge in [-0.1, -0.05) is 59.6 Å². The fourth-order valence-corrected chi connectivity index (χ4v) is 3.82. The molecule has 2 aromatic carbocycles. The SMILES string of the molecule is O=C1NC[C@@H](c2ccccc2)[C@H]1C(=O)N/N=C/c1ccc(-c2cccc(Cl)c2Cl)o1. The zero-order chi connectivity index (χ0) is 21.1. The highest BCUT2D eigenvalue weighted by atomic mass is 35.5. The third kappa shape index (κ3) is 4.10. The number of furan rings is 1. The molecule has 0 bridgehead atoms. The number of hydrogen-bond acceptors (Lipinski definition) is 4. The summed E-state index contributed by atoms with van der Waals surface area (Å²) in [4.78, 5) is 24.8. The highest BCUT2D eigenvalue weighted by molar-refractivity contribution is 6.43. The molecule has 1 aliphatic rings. The van der Waals surface area contributed by atoms with Gasteiger partial charge in [-0.15, -0.1) is 0 Å². The van der Waals surface area contributed by atoms with Gasteiger partial charge in [-0.05, 0) is 29.8 Å². The minimum Gasteiger partial charge on any atom is -0.455 e. The fourth-order valence-electron chi connectivity index (χ4n) is 3.42. The average molecular weight is 442 g/mol. The van der Waals surface area contributed by atoms with Crippen molar-refractivity contribution in [2.45, 2.75) is 5.92 Å². The number of hydrazone groups is 1. The van der Waals surface area contributed by atoms with Crippen LogP contribution in [0.15, 0.2) is 70.2 Å². The van der Waals surface area contributed by atoms with E-state index in [0.29, 0.717) is 33.7 Å². The highest BCUT2D eigenvalue weighted by Crippen LogP contribution is 2.34. The van der Waals surface area contributed by atoms with E-state index in [9.17, 15) is 9.59 Å². The van der Waals surface area contributed by atoms with Gasteiger partial charge in [0.05, 0.1) is 16.3 Å². The molecule has 0 spiro atoms. The fraction of sp³-hybridized carbons (Fsp3) is 0.136. The van der Waals surface area contributed by atoms with Crippen molar-refractivity contribution >= 4 is 41.2 Å². The van der Waals surface area contributed by atoms with Crippen molar-refractivity contribution < 1.29 is 14.0 Å². The Hall–Kier alpha value is -3.09. The van der Waals surface area contributed by atoms with Gasteiger partial charge in [-0.2, -0.15) is 5.10 Å². The van der Waals surface area contributed by atoms with E-state index in [0.717, 1.165) is 5.56 Å². The zero-order valence-corrected chi connectivity index (χ0v) is 17.2. The first-order chi connectivity index (χ1) is 14.5. The predicted molar refractivity (Wildman–Crippen MR) is 116 cm³/mol. The molecule has 0 radical (unpaired) electrons. The summed E-state index contributed by atoms with van der Waals surface area (Å²) < 4.78 is 5.70. The van der Waals surface area contributed by atoms with Gasteiger partial charge in [0.1, 0.15) is 17.4 Å². The summed E-state index contributed by atoms with van der Waals surface area (Å²) in [5, 5.41) is 7.50. The second-order valence-corrected chi connectivity index (χ2v) is 7.56. The van der Waals surface area contributed by atoms with E-state index in [2.05, 4.69) is 15.8 Å². The molecule has 2 atom stereocenters. The van der Waals surface area contributed by atoms with Crippen LogP contribution in [0.1, 0.15) is 17.2 Å². The van der Waals surface area contributed by atoms with E-state index in [4.69, 9.17) is 27.6 Å². The van der Waals surface area contributed by atoms with Gasteiger partial charge in [0.15, 0.2) is 0 Å². The lowest BCUT2D eigenvalue weighted by atomic mass is 9.88. The van der Waals surface area contributed by atoms with Crippen molar-refractivity contribution in [3.05, 3.63) is 82.0 Å². The van der Waals surface area contributed by atoms with Crippen molar-refractivity contribution in [1.82, 2.24) is 10.7 Å². The van der Waals surface area contributed by atoms with Crippen LogP contribution in [0.5, 0.6) is 0 Å². The maximum absolute atomic E-state index is 12.6. The third-order valence-electron chi connectivity index (χ3n) is 4.90. The topological polar surface area (TPSA) is 83.7 Å². The molecule has 2 heterocycles. The monoisotopic (exact) mass is 441 g/mol. The minimum absolute atomic E-state index is 0.242. The number of amides is 2.